The van der Waals surface area contributed by atoms with E-state index in [1.54, 1.807) is 0 Å². The van der Waals surface area contributed by atoms with E-state index in [1.807, 2.05) is 0 Å². The SMILES string of the molecule is CC(=O)O[C@@H]1C[C@@H](OC(C)=O)[C@H]2O[C@H]21. The topological polar surface area (TPSA) is 65.1 Å². The molecule has 1 aliphatic heterocycles. The molecule has 0 aromatic rings. The Morgan fingerprint density at radius 3 is 1.86 bits per heavy atom. The zero-order valence-electron chi connectivity index (χ0n) is 8.06. The third-order valence-electron chi connectivity index (χ3n) is 2.39. The second-order valence-corrected chi connectivity index (χ2v) is 3.60. The van der Waals surface area contributed by atoms with Crippen LogP contribution >= 0.6 is 0 Å². The quantitative estimate of drug-likeness (QED) is 0.464. The molecule has 2 fully saturated rings. The average Bonchev–Trinajstić information content (AvgIpc) is 2.72. The third kappa shape index (κ3) is 1.72. The van der Waals surface area contributed by atoms with E-state index in [1.165, 1.54) is 13.8 Å². The molecule has 5 nitrogen and oxygen atoms in total. The van der Waals surface area contributed by atoms with Gasteiger partial charge in [-0.3, -0.25) is 9.59 Å². The van der Waals surface area contributed by atoms with E-state index < -0.39 is 0 Å². The summed E-state index contributed by atoms with van der Waals surface area (Å²) in [6, 6.07) is 0. The summed E-state index contributed by atoms with van der Waals surface area (Å²) in [5, 5.41) is 0. The first-order valence-corrected chi connectivity index (χ1v) is 4.58. The minimum Gasteiger partial charge on any atom is -0.460 e. The molecule has 1 aliphatic carbocycles. The summed E-state index contributed by atoms with van der Waals surface area (Å²) in [4.78, 5) is 21.4. The minimum atomic E-state index is -0.326. The highest BCUT2D eigenvalue weighted by atomic mass is 16.7. The van der Waals surface area contributed by atoms with Crippen LogP contribution in [0.5, 0.6) is 0 Å². The largest absolute Gasteiger partial charge is 0.460 e. The Balaban J connectivity index is 1.89. The lowest BCUT2D eigenvalue weighted by molar-refractivity contribution is -0.153. The molecule has 5 heteroatoms. The number of hydrogen-bond acceptors (Lipinski definition) is 5. The van der Waals surface area contributed by atoms with Crippen molar-refractivity contribution in [3.8, 4) is 0 Å². The highest BCUT2D eigenvalue weighted by Crippen LogP contribution is 2.42. The molecule has 0 aromatic heterocycles. The number of rotatable bonds is 2. The van der Waals surface area contributed by atoms with Crippen molar-refractivity contribution in [3.05, 3.63) is 0 Å². The summed E-state index contributed by atoms with van der Waals surface area (Å²) in [5.41, 5.74) is 0. The maximum absolute atomic E-state index is 10.7. The second kappa shape index (κ2) is 3.24. The summed E-state index contributed by atoms with van der Waals surface area (Å²) >= 11 is 0. The molecular weight excluding hydrogens is 188 g/mol. The van der Waals surface area contributed by atoms with Crippen LogP contribution in [0.2, 0.25) is 0 Å². The van der Waals surface area contributed by atoms with Gasteiger partial charge in [0.15, 0.2) is 0 Å². The predicted octanol–water partition coefficient (Wildman–Crippen LogP) is 0.0209. The van der Waals surface area contributed by atoms with Crippen molar-refractivity contribution in [2.24, 2.45) is 0 Å². The van der Waals surface area contributed by atoms with Gasteiger partial charge in [0.05, 0.1) is 0 Å². The van der Waals surface area contributed by atoms with E-state index in [0.29, 0.717) is 6.42 Å². The minimum absolute atomic E-state index is 0.0664. The zero-order valence-corrected chi connectivity index (χ0v) is 8.06. The fourth-order valence-electron chi connectivity index (χ4n) is 1.89. The van der Waals surface area contributed by atoms with Gasteiger partial charge < -0.3 is 14.2 Å². The van der Waals surface area contributed by atoms with Crippen molar-refractivity contribution in [3.63, 3.8) is 0 Å². The molecule has 1 saturated heterocycles. The molecule has 1 saturated carbocycles. The molecule has 4 atom stereocenters. The van der Waals surface area contributed by atoms with Crippen LogP contribution < -0.4 is 0 Å². The molecule has 2 rings (SSSR count). The van der Waals surface area contributed by atoms with Gasteiger partial charge in [-0.15, -0.1) is 0 Å². The number of carbonyl (C=O) groups excluding carboxylic acids is 2. The molecule has 0 N–H and O–H groups in total. The summed E-state index contributed by atoms with van der Waals surface area (Å²) < 4.78 is 15.3. The molecular formula is C9H12O5. The number of ether oxygens (including phenoxy) is 3. The molecule has 0 radical (unpaired) electrons. The lowest BCUT2D eigenvalue weighted by atomic mass is 10.3. The summed E-state index contributed by atoms with van der Waals surface area (Å²) in [5.74, 6) is -0.652. The maximum atomic E-state index is 10.7. The van der Waals surface area contributed by atoms with Crippen LogP contribution in [0.3, 0.4) is 0 Å². The molecule has 0 aromatic carbocycles. The van der Waals surface area contributed by atoms with E-state index in [2.05, 4.69) is 0 Å². The molecule has 0 amide bonds. The highest BCUT2D eigenvalue weighted by Gasteiger charge is 2.59. The average molecular weight is 200 g/mol. The third-order valence-corrected chi connectivity index (χ3v) is 2.39. The monoisotopic (exact) mass is 200 g/mol. The fourth-order valence-corrected chi connectivity index (χ4v) is 1.89. The lowest BCUT2D eigenvalue weighted by Crippen LogP contribution is -2.23. The van der Waals surface area contributed by atoms with E-state index in [0.717, 1.165) is 0 Å². The molecule has 14 heavy (non-hydrogen) atoms. The first-order chi connectivity index (χ1) is 6.58. The van der Waals surface area contributed by atoms with E-state index in [4.69, 9.17) is 14.2 Å². The first kappa shape index (κ1) is 9.45. The fraction of sp³-hybridized carbons (Fsp3) is 0.778. The number of hydrogen-bond donors (Lipinski definition) is 0. The summed E-state index contributed by atoms with van der Waals surface area (Å²) in [7, 11) is 0. The highest BCUT2D eigenvalue weighted by molar-refractivity contribution is 5.67. The van der Waals surface area contributed by atoms with E-state index >= 15 is 0 Å². The molecule has 0 bridgehead atoms. The molecule has 1 heterocycles. The van der Waals surface area contributed by atoms with Gasteiger partial charge in [-0.05, 0) is 0 Å². The number of epoxide rings is 1. The van der Waals surface area contributed by atoms with Gasteiger partial charge in [-0.2, -0.15) is 0 Å². The van der Waals surface area contributed by atoms with Crippen LogP contribution in [0, 0.1) is 0 Å². The van der Waals surface area contributed by atoms with Gasteiger partial charge in [0.25, 0.3) is 0 Å². The Morgan fingerprint density at radius 2 is 1.50 bits per heavy atom. The van der Waals surface area contributed by atoms with Gasteiger partial charge in [-0.1, -0.05) is 0 Å². The molecule has 2 aliphatic rings. The maximum Gasteiger partial charge on any atom is 0.302 e. The van der Waals surface area contributed by atoms with Crippen molar-refractivity contribution < 1.29 is 23.8 Å². The predicted molar refractivity (Wildman–Crippen MR) is 44.4 cm³/mol. The Labute approximate surface area is 81.3 Å². The number of fused-ring (bicyclic) bond motifs is 1. The van der Waals surface area contributed by atoms with Gasteiger partial charge in [-0.25, -0.2) is 0 Å². The van der Waals surface area contributed by atoms with Crippen LogP contribution in [-0.4, -0.2) is 36.4 Å². The van der Waals surface area contributed by atoms with E-state index in [-0.39, 0.29) is 36.4 Å². The van der Waals surface area contributed by atoms with Crippen molar-refractivity contribution in [2.75, 3.05) is 0 Å². The van der Waals surface area contributed by atoms with Gasteiger partial charge in [0.2, 0.25) is 0 Å². The van der Waals surface area contributed by atoms with E-state index in [9.17, 15) is 9.59 Å². The molecule has 78 valence electrons. The van der Waals surface area contributed by atoms with Gasteiger partial charge >= 0.3 is 11.9 Å². The van der Waals surface area contributed by atoms with Crippen LogP contribution in [0.4, 0.5) is 0 Å². The molecule has 0 unspecified atom stereocenters. The number of esters is 2. The Morgan fingerprint density at radius 1 is 1.07 bits per heavy atom. The van der Waals surface area contributed by atoms with Crippen molar-refractivity contribution in [2.45, 2.75) is 44.7 Å². The van der Waals surface area contributed by atoms with Gasteiger partial charge in [0, 0.05) is 20.3 Å². The van der Waals surface area contributed by atoms with Crippen LogP contribution in [0.15, 0.2) is 0 Å². The lowest BCUT2D eigenvalue weighted by Gasteiger charge is -2.15. The standard InChI is InChI=1S/C9H12O5/c1-4(10)12-6-3-7(13-5(2)11)9-8(6)14-9/h6-9H,3H2,1-2H3/t6-,7-,8-,9+/m1/s1. The Kier molecular flexibility index (Phi) is 2.19. The van der Waals surface area contributed by atoms with Crippen molar-refractivity contribution in [1.82, 2.24) is 0 Å². The normalized spacial score (nSPS) is 38.7. The van der Waals surface area contributed by atoms with Crippen molar-refractivity contribution in [1.29, 1.82) is 0 Å². The van der Waals surface area contributed by atoms with Crippen LogP contribution in [0.25, 0.3) is 0 Å². The van der Waals surface area contributed by atoms with Crippen LogP contribution in [0.1, 0.15) is 20.3 Å². The molecule has 0 spiro atoms. The first-order valence-electron chi connectivity index (χ1n) is 4.58. The Hall–Kier alpha value is -1.10. The van der Waals surface area contributed by atoms with Crippen LogP contribution in [-0.2, 0) is 23.8 Å². The smallest absolute Gasteiger partial charge is 0.302 e. The van der Waals surface area contributed by atoms with Crippen molar-refractivity contribution >= 4 is 11.9 Å². The zero-order chi connectivity index (χ0) is 10.3. The van der Waals surface area contributed by atoms with Gasteiger partial charge in [0.1, 0.15) is 24.4 Å². The summed E-state index contributed by atoms with van der Waals surface area (Å²) in [6.45, 7) is 2.72. The summed E-state index contributed by atoms with van der Waals surface area (Å²) in [6.07, 6.45) is -0.0794. The Bertz CT molecular complexity index is 248. The number of carbonyl (C=O) groups is 2. The second-order valence-electron chi connectivity index (χ2n) is 3.60.